The van der Waals surface area contributed by atoms with E-state index in [4.69, 9.17) is 5.11 Å². The fraction of sp³-hybridized carbons (Fsp3) is 0.857. The van der Waals surface area contributed by atoms with Gasteiger partial charge in [-0.25, -0.2) is 0 Å². The summed E-state index contributed by atoms with van der Waals surface area (Å²) in [6, 6.07) is -1.16. The number of rotatable bonds is 3. The number of alkyl halides is 5. The van der Waals surface area contributed by atoms with Crippen LogP contribution in [0.4, 0.5) is 22.0 Å². The minimum Gasteiger partial charge on any atom is -0.480 e. The van der Waals surface area contributed by atoms with Gasteiger partial charge in [-0.15, -0.1) is 0 Å². The van der Waals surface area contributed by atoms with Crippen molar-refractivity contribution in [3.8, 4) is 0 Å². The van der Waals surface area contributed by atoms with Crippen molar-refractivity contribution in [2.45, 2.75) is 30.9 Å². The van der Waals surface area contributed by atoms with Crippen LogP contribution in [0.15, 0.2) is 0 Å². The van der Waals surface area contributed by atoms with Crippen LogP contribution in [-0.2, 0) is 9.53 Å². The van der Waals surface area contributed by atoms with Crippen molar-refractivity contribution >= 4 is 5.97 Å². The van der Waals surface area contributed by atoms with E-state index in [9.17, 15) is 26.7 Å². The minimum absolute atomic E-state index is 0.358. The number of carbonyl (C=O) groups is 1. The highest BCUT2D eigenvalue weighted by Gasteiger charge is 2.61. The summed E-state index contributed by atoms with van der Waals surface area (Å²) in [5.74, 6) is -1.32. The quantitative estimate of drug-likeness (QED) is 0.732. The first kappa shape index (κ1) is 13.1. The molecule has 1 aliphatic rings. The van der Waals surface area contributed by atoms with Crippen LogP contribution in [0, 0.1) is 0 Å². The van der Waals surface area contributed by atoms with Gasteiger partial charge in [-0.05, 0) is 0 Å². The molecule has 0 aliphatic carbocycles. The molecule has 2 N–H and O–H groups in total. The van der Waals surface area contributed by atoms with E-state index in [0.29, 0.717) is 0 Å². The smallest absolute Gasteiger partial charge is 0.480 e. The molecular weight excluding hydrogens is 241 g/mol. The number of carboxylic acids is 1. The Morgan fingerprint density at radius 1 is 1.31 bits per heavy atom. The van der Waals surface area contributed by atoms with E-state index in [1.807, 2.05) is 0 Å². The zero-order chi connectivity index (χ0) is 12.6. The lowest BCUT2D eigenvalue weighted by atomic mass is 10.2. The van der Waals surface area contributed by atoms with E-state index in [1.165, 1.54) is 0 Å². The van der Waals surface area contributed by atoms with Crippen molar-refractivity contribution in [2.75, 3.05) is 6.54 Å². The number of carboxylic acid groups (broad SMARTS) is 1. The molecule has 0 radical (unpaired) electrons. The molecule has 1 aliphatic heterocycles. The van der Waals surface area contributed by atoms with Crippen LogP contribution < -0.4 is 5.32 Å². The number of hydrogen-bond donors (Lipinski definition) is 2. The van der Waals surface area contributed by atoms with E-state index < -0.39 is 36.8 Å². The Morgan fingerprint density at radius 3 is 2.25 bits per heavy atom. The highest BCUT2D eigenvalue weighted by atomic mass is 19.4. The number of aliphatic carboxylic acids is 1. The van der Waals surface area contributed by atoms with Gasteiger partial charge in [0, 0.05) is 13.0 Å². The third kappa shape index (κ3) is 2.79. The second-order valence-corrected chi connectivity index (χ2v) is 3.29. The summed E-state index contributed by atoms with van der Waals surface area (Å²) in [4.78, 5) is 10.4. The Kier molecular flexibility index (Phi) is 3.38. The second-order valence-electron chi connectivity index (χ2n) is 3.29. The normalized spacial score (nSPS) is 27.1. The summed E-state index contributed by atoms with van der Waals surface area (Å²) < 4.78 is 63.5. The molecule has 16 heavy (non-hydrogen) atoms. The Hall–Kier alpha value is -0.960. The summed E-state index contributed by atoms with van der Waals surface area (Å²) in [6.45, 7) is -0.358. The molecule has 0 aromatic heterocycles. The SMILES string of the molecule is O=C(O)[C@H]1C[C@@H](OC(F)(F)C(F)(F)F)CN1. The number of hydrogen-bond acceptors (Lipinski definition) is 3. The van der Waals surface area contributed by atoms with Crippen LogP contribution >= 0.6 is 0 Å². The second kappa shape index (κ2) is 4.13. The largest absolute Gasteiger partial charge is 0.482 e. The van der Waals surface area contributed by atoms with Crippen LogP contribution in [0.3, 0.4) is 0 Å². The Balaban J connectivity index is 2.54. The van der Waals surface area contributed by atoms with Crippen molar-refractivity contribution < 1.29 is 36.6 Å². The molecule has 0 unspecified atom stereocenters. The highest BCUT2D eigenvalue weighted by Crippen LogP contribution is 2.38. The summed E-state index contributed by atoms with van der Waals surface area (Å²) in [5.41, 5.74) is 0. The maximum absolute atomic E-state index is 12.4. The average Bonchev–Trinajstić information content (AvgIpc) is 2.49. The van der Waals surface area contributed by atoms with Gasteiger partial charge in [0.2, 0.25) is 0 Å². The standard InChI is InChI=1S/C7H8F5NO3/c8-6(9,10)7(11,12)16-3-1-4(5(14)15)13-2-3/h3-4,13H,1-2H2,(H,14,15)/t3-,4-/m1/s1. The zero-order valence-corrected chi connectivity index (χ0v) is 7.72. The lowest BCUT2D eigenvalue weighted by molar-refractivity contribution is -0.400. The summed E-state index contributed by atoms with van der Waals surface area (Å²) in [5, 5.41) is 10.7. The number of ether oxygens (including phenoxy) is 1. The van der Waals surface area contributed by atoms with Crippen LogP contribution in [0.5, 0.6) is 0 Å². The van der Waals surface area contributed by atoms with Crippen molar-refractivity contribution in [3.63, 3.8) is 0 Å². The summed E-state index contributed by atoms with van der Waals surface area (Å²) in [7, 11) is 0. The van der Waals surface area contributed by atoms with E-state index in [0.717, 1.165) is 0 Å². The molecule has 94 valence electrons. The first-order chi connectivity index (χ1) is 7.13. The van der Waals surface area contributed by atoms with Crippen LogP contribution in [0.25, 0.3) is 0 Å². The number of halogens is 5. The van der Waals surface area contributed by atoms with Crippen LogP contribution in [0.2, 0.25) is 0 Å². The third-order valence-electron chi connectivity index (χ3n) is 2.03. The molecule has 0 amide bonds. The van der Waals surface area contributed by atoms with E-state index in [2.05, 4.69) is 10.1 Å². The van der Waals surface area contributed by atoms with Gasteiger partial charge in [-0.3, -0.25) is 4.79 Å². The summed E-state index contributed by atoms with van der Waals surface area (Å²) in [6.07, 6.45) is -13.0. The molecule has 1 rings (SSSR count). The summed E-state index contributed by atoms with van der Waals surface area (Å²) >= 11 is 0. The fourth-order valence-electron chi connectivity index (χ4n) is 1.26. The predicted molar refractivity (Wildman–Crippen MR) is 39.9 cm³/mol. The van der Waals surface area contributed by atoms with Gasteiger partial charge in [0.1, 0.15) is 6.04 Å². The van der Waals surface area contributed by atoms with Gasteiger partial charge in [-0.1, -0.05) is 0 Å². The first-order valence-electron chi connectivity index (χ1n) is 4.22. The third-order valence-corrected chi connectivity index (χ3v) is 2.03. The first-order valence-corrected chi connectivity index (χ1v) is 4.22. The lowest BCUT2D eigenvalue weighted by Crippen LogP contribution is -2.42. The van der Waals surface area contributed by atoms with Gasteiger partial charge in [-0.2, -0.15) is 22.0 Å². The molecule has 4 nitrogen and oxygen atoms in total. The molecule has 1 heterocycles. The molecule has 2 atom stereocenters. The molecule has 0 spiro atoms. The molecule has 1 saturated heterocycles. The molecule has 1 fully saturated rings. The Morgan fingerprint density at radius 2 is 1.88 bits per heavy atom. The van der Waals surface area contributed by atoms with Crippen LogP contribution in [0.1, 0.15) is 6.42 Å². The minimum atomic E-state index is -5.80. The Labute approximate surface area is 86.4 Å². The highest BCUT2D eigenvalue weighted by molar-refractivity contribution is 5.73. The van der Waals surface area contributed by atoms with Gasteiger partial charge in [0.25, 0.3) is 0 Å². The van der Waals surface area contributed by atoms with E-state index in [-0.39, 0.29) is 6.54 Å². The van der Waals surface area contributed by atoms with Crippen molar-refractivity contribution in [3.05, 3.63) is 0 Å². The molecule has 9 heteroatoms. The van der Waals surface area contributed by atoms with Crippen molar-refractivity contribution in [2.24, 2.45) is 0 Å². The maximum atomic E-state index is 12.4. The van der Waals surface area contributed by atoms with Gasteiger partial charge in [0.15, 0.2) is 0 Å². The average molecular weight is 249 g/mol. The van der Waals surface area contributed by atoms with E-state index in [1.54, 1.807) is 0 Å². The molecular formula is C7H8F5NO3. The molecule has 0 aromatic rings. The van der Waals surface area contributed by atoms with Gasteiger partial charge < -0.3 is 15.2 Å². The number of nitrogens with one attached hydrogen (secondary N) is 1. The molecule has 0 aromatic carbocycles. The topological polar surface area (TPSA) is 58.6 Å². The predicted octanol–water partition coefficient (Wildman–Crippen LogP) is 0.973. The molecule has 0 saturated carbocycles. The van der Waals surface area contributed by atoms with Gasteiger partial charge in [0.05, 0.1) is 6.10 Å². The Bertz CT molecular complexity index is 280. The van der Waals surface area contributed by atoms with E-state index >= 15 is 0 Å². The monoisotopic (exact) mass is 249 g/mol. The van der Waals surface area contributed by atoms with Gasteiger partial charge >= 0.3 is 18.3 Å². The fourth-order valence-corrected chi connectivity index (χ4v) is 1.26. The zero-order valence-electron chi connectivity index (χ0n) is 7.72. The lowest BCUT2D eigenvalue weighted by Gasteiger charge is -2.22. The maximum Gasteiger partial charge on any atom is 0.482 e. The van der Waals surface area contributed by atoms with Crippen molar-refractivity contribution in [1.82, 2.24) is 5.32 Å². The van der Waals surface area contributed by atoms with Crippen LogP contribution in [-0.4, -0.2) is 42.1 Å². The molecule has 0 bridgehead atoms. The van der Waals surface area contributed by atoms with Crippen molar-refractivity contribution in [1.29, 1.82) is 0 Å².